The molecule has 1 aliphatic heterocycles. The summed E-state index contributed by atoms with van der Waals surface area (Å²) in [7, 11) is 0. The summed E-state index contributed by atoms with van der Waals surface area (Å²) in [5, 5.41) is 8.95. The Morgan fingerprint density at radius 1 is 0.952 bits per heavy atom. The molecule has 0 amide bonds. The molecule has 222 valence electrons. The standard InChI is InChI=1S/C23H24ClF3N4O2.C7H6O2/c24-17-4-3-5-18(21(17)23(25,26)27)31-13-11-30(12-14-31)10-1-2-15-33-20-9-7-16-6-8-19(32)28-22(16)29-20;8-7(9)6-4-2-1-3-5-6/h3-9H,1-2,10-15H2,(H,28,29,32);1-5H,(H,8,9). The molecule has 0 saturated carbocycles. The Morgan fingerprint density at radius 3 is 2.33 bits per heavy atom. The van der Waals surface area contributed by atoms with Gasteiger partial charge >= 0.3 is 12.1 Å². The number of pyridine rings is 2. The average Bonchev–Trinajstić information content (AvgIpc) is 2.97. The summed E-state index contributed by atoms with van der Waals surface area (Å²) >= 11 is 5.85. The van der Waals surface area contributed by atoms with Crippen LogP contribution < -0.4 is 15.2 Å². The van der Waals surface area contributed by atoms with Crippen molar-refractivity contribution in [1.82, 2.24) is 14.9 Å². The second-order valence-corrected chi connectivity index (χ2v) is 10.0. The van der Waals surface area contributed by atoms with Crippen LogP contribution in [0.4, 0.5) is 18.9 Å². The van der Waals surface area contributed by atoms with E-state index in [1.54, 1.807) is 53.4 Å². The maximum Gasteiger partial charge on any atom is 0.419 e. The normalized spacial score (nSPS) is 13.9. The third-order valence-corrected chi connectivity index (χ3v) is 7.00. The van der Waals surface area contributed by atoms with Gasteiger partial charge < -0.3 is 19.7 Å². The van der Waals surface area contributed by atoms with Gasteiger partial charge in [-0.15, -0.1) is 0 Å². The first kappa shape index (κ1) is 30.9. The summed E-state index contributed by atoms with van der Waals surface area (Å²) in [5.41, 5.74) is -0.00286. The van der Waals surface area contributed by atoms with Crippen molar-refractivity contribution < 1.29 is 27.8 Å². The molecular formula is C30H30ClF3N4O4. The number of nitrogens with zero attached hydrogens (tertiary/aromatic N) is 3. The summed E-state index contributed by atoms with van der Waals surface area (Å²) in [6.07, 6.45) is -2.77. The second kappa shape index (κ2) is 14.2. The number of unbranched alkanes of at least 4 members (excludes halogenated alkanes) is 1. The van der Waals surface area contributed by atoms with Crippen LogP contribution in [0.1, 0.15) is 28.8 Å². The molecule has 3 heterocycles. The number of anilines is 1. The third kappa shape index (κ3) is 8.46. The maximum atomic E-state index is 13.4. The van der Waals surface area contributed by atoms with E-state index in [0.717, 1.165) is 24.8 Å². The number of aromatic amines is 1. The van der Waals surface area contributed by atoms with Gasteiger partial charge in [-0.2, -0.15) is 18.2 Å². The first-order chi connectivity index (χ1) is 20.1. The molecule has 1 fully saturated rings. The van der Waals surface area contributed by atoms with Gasteiger partial charge in [-0.3, -0.25) is 9.69 Å². The van der Waals surface area contributed by atoms with Gasteiger partial charge in [0.25, 0.3) is 0 Å². The topological polar surface area (TPSA) is 98.8 Å². The number of H-pyrrole nitrogens is 1. The lowest BCUT2D eigenvalue weighted by molar-refractivity contribution is -0.137. The van der Waals surface area contributed by atoms with E-state index in [0.29, 0.717) is 49.9 Å². The van der Waals surface area contributed by atoms with Crippen LogP contribution in [0.3, 0.4) is 0 Å². The highest BCUT2D eigenvalue weighted by molar-refractivity contribution is 6.31. The molecule has 42 heavy (non-hydrogen) atoms. The van der Waals surface area contributed by atoms with Crippen molar-refractivity contribution in [3.8, 4) is 5.88 Å². The number of fused-ring (bicyclic) bond motifs is 1. The molecule has 0 radical (unpaired) electrons. The monoisotopic (exact) mass is 602 g/mol. The Morgan fingerprint density at radius 2 is 1.67 bits per heavy atom. The summed E-state index contributed by atoms with van der Waals surface area (Å²) in [6.45, 7) is 3.73. The van der Waals surface area contributed by atoms with Gasteiger partial charge in [0.2, 0.25) is 11.4 Å². The Kier molecular flexibility index (Phi) is 10.4. The second-order valence-electron chi connectivity index (χ2n) is 9.60. The van der Waals surface area contributed by atoms with E-state index in [-0.39, 0.29) is 16.3 Å². The van der Waals surface area contributed by atoms with Crippen molar-refractivity contribution in [2.45, 2.75) is 19.0 Å². The number of halogens is 4. The molecule has 0 aliphatic carbocycles. The van der Waals surface area contributed by atoms with Crippen LogP contribution in [0.5, 0.6) is 5.88 Å². The largest absolute Gasteiger partial charge is 0.478 e. The summed E-state index contributed by atoms with van der Waals surface area (Å²) < 4.78 is 46.0. The maximum absolute atomic E-state index is 13.4. The number of carbonyl (C=O) groups is 1. The molecule has 4 aromatic rings. The number of rotatable bonds is 8. The number of aromatic carboxylic acids is 1. The number of hydrogen-bond acceptors (Lipinski definition) is 6. The summed E-state index contributed by atoms with van der Waals surface area (Å²) in [4.78, 5) is 32.6. The molecule has 2 aromatic carbocycles. The van der Waals surface area contributed by atoms with Crippen LogP contribution in [0.15, 0.2) is 77.6 Å². The van der Waals surface area contributed by atoms with Gasteiger partial charge in [-0.1, -0.05) is 35.9 Å². The Labute approximate surface area is 245 Å². The fourth-order valence-corrected chi connectivity index (χ4v) is 4.83. The van der Waals surface area contributed by atoms with E-state index in [9.17, 15) is 22.8 Å². The van der Waals surface area contributed by atoms with Gasteiger partial charge in [0.15, 0.2) is 0 Å². The first-order valence-electron chi connectivity index (χ1n) is 13.4. The molecule has 1 aliphatic rings. The van der Waals surface area contributed by atoms with Crippen molar-refractivity contribution in [3.05, 3.63) is 99.3 Å². The third-order valence-electron chi connectivity index (χ3n) is 6.68. The van der Waals surface area contributed by atoms with Crippen LogP contribution in [-0.4, -0.2) is 65.3 Å². The summed E-state index contributed by atoms with van der Waals surface area (Å²) in [6, 6.07) is 19.4. The molecule has 0 spiro atoms. The fraction of sp³-hybridized carbons (Fsp3) is 0.300. The number of nitrogens with one attached hydrogen (secondary N) is 1. The van der Waals surface area contributed by atoms with Gasteiger partial charge in [0, 0.05) is 43.7 Å². The molecule has 12 heteroatoms. The van der Waals surface area contributed by atoms with E-state index >= 15 is 0 Å². The van der Waals surface area contributed by atoms with Crippen LogP contribution in [0, 0.1) is 0 Å². The minimum Gasteiger partial charge on any atom is -0.478 e. The molecule has 0 unspecified atom stereocenters. The highest BCUT2D eigenvalue weighted by Crippen LogP contribution is 2.41. The molecule has 1 saturated heterocycles. The molecule has 0 bridgehead atoms. The van der Waals surface area contributed by atoms with Crippen LogP contribution in [-0.2, 0) is 6.18 Å². The van der Waals surface area contributed by atoms with E-state index in [2.05, 4.69) is 14.9 Å². The first-order valence-corrected chi connectivity index (χ1v) is 13.7. The Hall–Kier alpha value is -4.09. The van der Waals surface area contributed by atoms with E-state index < -0.39 is 17.7 Å². The fourth-order valence-electron chi connectivity index (χ4n) is 4.56. The quantitative estimate of drug-likeness (QED) is 0.240. The highest BCUT2D eigenvalue weighted by Gasteiger charge is 2.37. The number of carboxylic acid groups (broad SMARTS) is 1. The zero-order chi connectivity index (χ0) is 30.1. The summed E-state index contributed by atoms with van der Waals surface area (Å²) in [5.74, 6) is -0.421. The molecule has 8 nitrogen and oxygen atoms in total. The number of hydrogen-bond donors (Lipinski definition) is 2. The molecule has 0 atom stereocenters. The SMILES string of the molecule is O=C(O)c1ccccc1.O=c1ccc2ccc(OCCCCN3CCN(c4cccc(Cl)c4C(F)(F)F)CC3)nc2[nH]1. The van der Waals surface area contributed by atoms with Crippen LogP contribution in [0.2, 0.25) is 5.02 Å². The van der Waals surface area contributed by atoms with Crippen LogP contribution in [0.25, 0.3) is 11.0 Å². The lowest BCUT2D eigenvalue weighted by Crippen LogP contribution is -2.47. The predicted molar refractivity (Wildman–Crippen MR) is 156 cm³/mol. The van der Waals surface area contributed by atoms with Gasteiger partial charge in [0.1, 0.15) is 5.65 Å². The molecule has 2 N–H and O–H groups in total. The zero-order valence-electron chi connectivity index (χ0n) is 22.6. The van der Waals surface area contributed by atoms with Crippen LogP contribution >= 0.6 is 11.6 Å². The van der Waals surface area contributed by atoms with E-state index in [1.807, 2.05) is 6.07 Å². The van der Waals surface area contributed by atoms with Crippen molar-refractivity contribution >= 4 is 34.3 Å². The molecular weight excluding hydrogens is 573 g/mol. The highest BCUT2D eigenvalue weighted by atomic mass is 35.5. The number of benzene rings is 2. The minimum atomic E-state index is -4.49. The van der Waals surface area contributed by atoms with Crippen molar-refractivity contribution in [2.24, 2.45) is 0 Å². The number of piperazine rings is 1. The lowest BCUT2D eigenvalue weighted by Gasteiger charge is -2.37. The van der Waals surface area contributed by atoms with Crippen molar-refractivity contribution in [2.75, 3.05) is 44.2 Å². The molecule has 2 aromatic heterocycles. The number of ether oxygens (including phenoxy) is 1. The van der Waals surface area contributed by atoms with Crippen molar-refractivity contribution in [1.29, 1.82) is 0 Å². The minimum absolute atomic E-state index is 0.146. The lowest BCUT2D eigenvalue weighted by atomic mass is 10.1. The van der Waals surface area contributed by atoms with Gasteiger partial charge in [-0.05, 0) is 55.8 Å². The Bertz CT molecular complexity index is 1540. The van der Waals surface area contributed by atoms with Gasteiger partial charge in [0.05, 0.1) is 28.4 Å². The smallest absolute Gasteiger partial charge is 0.419 e. The molecule has 5 rings (SSSR count). The zero-order valence-corrected chi connectivity index (χ0v) is 23.4. The average molecular weight is 603 g/mol. The van der Waals surface area contributed by atoms with E-state index in [4.69, 9.17) is 21.4 Å². The van der Waals surface area contributed by atoms with E-state index in [1.165, 1.54) is 18.2 Å². The predicted octanol–water partition coefficient (Wildman–Crippen LogP) is 5.96. The van der Waals surface area contributed by atoms with Gasteiger partial charge in [-0.25, -0.2) is 4.79 Å². The Balaban J connectivity index is 0.000000385. The number of carboxylic acids is 1. The number of aromatic nitrogens is 2. The number of alkyl halides is 3. The van der Waals surface area contributed by atoms with Crippen molar-refractivity contribution in [3.63, 3.8) is 0 Å².